The van der Waals surface area contributed by atoms with Crippen LogP contribution in [-0.2, 0) is 0 Å². The fourth-order valence-corrected chi connectivity index (χ4v) is 2.93. The Kier molecular flexibility index (Phi) is 9.29. The Bertz CT molecular complexity index is 996. The summed E-state index contributed by atoms with van der Waals surface area (Å²) in [6.45, 7) is 8.13. The lowest BCUT2D eigenvalue weighted by atomic mass is 9.95. The van der Waals surface area contributed by atoms with Crippen molar-refractivity contribution in [3.05, 3.63) is 88.9 Å². The van der Waals surface area contributed by atoms with Gasteiger partial charge in [0.2, 0.25) is 0 Å². The highest BCUT2D eigenvalue weighted by atomic mass is 35.5. The standard InChI is InChI=1S/C14H14ClNO.C12H14O2/c1-2-16-12-5-9-14(10-6-12)17-13-7-3-11(15)4-8-13;1-8(2)12(14)11-7-5-4-6-10(11)9(3)13/h3-10,16H,2H2,1H3;4-8H,1-3H3. The summed E-state index contributed by atoms with van der Waals surface area (Å²) in [5.74, 6) is 1.49. The molecule has 0 atom stereocenters. The number of benzene rings is 3. The number of anilines is 1. The van der Waals surface area contributed by atoms with Crippen molar-refractivity contribution in [2.45, 2.75) is 27.7 Å². The molecule has 4 nitrogen and oxygen atoms in total. The molecule has 162 valence electrons. The number of carbonyl (C=O) groups excluding carboxylic acids is 2. The van der Waals surface area contributed by atoms with Crippen LogP contribution in [-0.4, -0.2) is 18.1 Å². The van der Waals surface area contributed by atoms with Crippen molar-refractivity contribution in [2.24, 2.45) is 5.92 Å². The van der Waals surface area contributed by atoms with E-state index in [2.05, 4.69) is 12.2 Å². The Morgan fingerprint density at radius 3 is 1.87 bits per heavy atom. The van der Waals surface area contributed by atoms with Crippen LogP contribution in [0.1, 0.15) is 48.4 Å². The van der Waals surface area contributed by atoms with E-state index in [-0.39, 0.29) is 17.5 Å². The van der Waals surface area contributed by atoms with Crippen LogP contribution in [0.5, 0.6) is 11.5 Å². The van der Waals surface area contributed by atoms with Crippen LogP contribution in [0.4, 0.5) is 5.69 Å². The summed E-state index contributed by atoms with van der Waals surface area (Å²) in [4.78, 5) is 23.0. The lowest BCUT2D eigenvalue weighted by molar-refractivity contribution is 0.0927. The van der Waals surface area contributed by atoms with Crippen molar-refractivity contribution in [1.82, 2.24) is 0 Å². The van der Waals surface area contributed by atoms with Gasteiger partial charge < -0.3 is 10.1 Å². The predicted octanol–water partition coefficient (Wildman–Crippen LogP) is 7.29. The molecule has 3 aromatic carbocycles. The Morgan fingerprint density at radius 1 is 0.871 bits per heavy atom. The van der Waals surface area contributed by atoms with Crippen molar-refractivity contribution in [2.75, 3.05) is 11.9 Å². The third-order valence-electron chi connectivity index (χ3n) is 4.38. The van der Waals surface area contributed by atoms with Gasteiger partial charge in [0, 0.05) is 34.3 Å². The van der Waals surface area contributed by atoms with Crippen LogP contribution in [0.2, 0.25) is 5.02 Å². The third kappa shape index (κ3) is 7.58. The fraction of sp³-hybridized carbons (Fsp3) is 0.231. The Hall–Kier alpha value is -3.11. The monoisotopic (exact) mass is 437 g/mol. The van der Waals surface area contributed by atoms with Crippen molar-refractivity contribution in [1.29, 1.82) is 0 Å². The first-order valence-corrected chi connectivity index (χ1v) is 10.6. The average molecular weight is 438 g/mol. The third-order valence-corrected chi connectivity index (χ3v) is 4.63. The zero-order chi connectivity index (χ0) is 22.8. The number of rotatable bonds is 7. The number of hydrogen-bond acceptors (Lipinski definition) is 4. The normalized spacial score (nSPS) is 10.1. The highest BCUT2D eigenvalue weighted by Gasteiger charge is 2.16. The maximum Gasteiger partial charge on any atom is 0.166 e. The van der Waals surface area contributed by atoms with E-state index in [1.54, 1.807) is 24.3 Å². The lowest BCUT2D eigenvalue weighted by Crippen LogP contribution is -2.12. The first-order chi connectivity index (χ1) is 14.8. The number of carbonyl (C=O) groups is 2. The van der Waals surface area contributed by atoms with Gasteiger partial charge in [-0.2, -0.15) is 0 Å². The minimum atomic E-state index is -0.0736. The molecule has 0 fully saturated rings. The summed E-state index contributed by atoms with van der Waals surface area (Å²) in [6.07, 6.45) is 0. The molecule has 0 bridgehead atoms. The minimum Gasteiger partial charge on any atom is -0.457 e. The lowest BCUT2D eigenvalue weighted by Gasteiger charge is -2.07. The molecule has 0 aliphatic rings. The quantitative estimate of drug-likeness (QED) is 0.394. The van der Waals surface area contributed by atoms with E-state index in [4.69, 9.17) is 16.3 Å². The Balaban J connectivity index is 0.000000225. The minimum absolute atomic E-state index is 0.0239. The molecule has 0 spiro atoms. The van der Waals surface area contributed by atoms with E-state index in [9.17, 15) is 9.59 Å². The average Bonchev–Trinajstić information content (AvgIpc) is 2.76. The summed E-state index contributed by atoms with van der Waals surface area (Å²) in [6, 6.07) is 22.1. The van der Waals surface area contributed by atoms with Crippen LogP contribution in [0, 0.1) is 5.92 Å². The van der Waals surface area contributed by atoms with E-state index in [1.807, 2.05) is 62.4 Å². The van der Waals surface area contributed by atoms with Crippen molar-refractivity contribution < 1.29 is 14.3 Å². The van der Waals surface area contributed by atoms with E-state index in [0.717, 1.165) is 23.7 Å². The second-order valence-electron chi connectivity index (χ2n) is 7.23. The molecule has 0 aliphatic heterocycles. The van der Waals surface area contributed by atoms with E-state index in [1.165, 1.54) is 6.92 Å². The summed E-state index contributed by atoms with van der Waals surface area (Å²) in [5.41, 5.74) is 2.15. The zero-order valence-corrected chi connectivity index (χ0v) is 19.1. The van der Waals surface area contributed by atoms with E-state index < -0.39 is 0 Å². The molecule has 1 N–H and O–H groups in total. The SMILES string of the molecule is CC(=O)c1ccccc1C(=O)C(C)C.CCNc1ccc(Oc2ccc(Cl)cc2)cc1. The summed E-state index contributed by atoms with van der Waals surface area (Å²) < 4.78 is 5.68. The summed E-state index contributed by atoms with van der Waals surface area (Å²) in [5, 5.41) is 3.94. The molecule has 3 aromatic rings. The Labute approximate surface area is 189 Å². The van der Waals surface area contributed by atoms with Gasteiger partial charge in [-0.05, 0) is 62.4 Å². The molecule has 0 aromatic heterocycles. The fourth-order valence-electron chi connectivity index (χ4n) is 2.80. The second-order valence-corrected chi connectivity index (χ2v) is 7.67. The number of hydrogen-bond donors (Lipinski definition) is 1. The molecule has 0 unspecified atom stereocenters. The molecular weight excluding hydrogens is 410 g/mol. The van der Waals surface area contributed by atoms with Gasteiger partial charge >= 0.3 is 0 Å². The molecule has 3 rings (SSSR count). The van der Waals surface area contributed by atoms with E-state index >= 15 is 0 Å². The number of nitrogens with one attached hydrogen (secondary N) is 1. The van der Waals surface area contributed by atoms with Gasteiger partial charge in [0.05, 0.1) is 0 Å². The topological polar surface area (TPSA) is 55.4 Å². The number of Topliss-reactive ketones (excluding diaryl/α,β-unsaturated/α-hetero) is 2. The van der Waals surface area contributed by atoms with Crippen molar-refractivity contribution in [3.8, 4) is 11.5 Å². The summed E-state index contributed by atoms with van der Waals surface area (Å²) >= 11 is 5.81. The highest BCUT2D eigenvalue weighted by Crippen LogP contribution is 2.24. The van der Waals surface area contributed by atoms with Crippen LogP contribution in [0.3, 0.4) is 0 Å². The number of ketones is 2. The van der Waals surface area contributed by atoms with E-state index in [0.29, 0.717) is 16.1 Å². The van der Waals surface area contributed by atoms with Crippen LogP contribution < -0.4 is 10.1 Å². The van der Waals surface area contributed by atoms with Gasteiger partial charge in [0.15, 0.2) is 11.6 Å². The predicted molar refractivity (Wildman–Crippen MR) is 128 cm³/mol. The van der Waals surface area contributed by atoms with Crippen LogP contribution in [0.25, 0.3) is 0 Å². The maximum absolute atomic E-state index is 11.7. The van der Waals surface area contributed by atoms with Gasteiger partial charge in [0.25, 0.3) is 0 Å². The molecule has 0 heterocycles. The number of halogens is 1. The molecule has 0 saturated heterocycles. The first kappa shape index (κ1) is 24.2. The smallest absolute Gasteiger partial charge is 0.166 e. The second kappa shape index (κ2) is 11.9. The van der Waals surface area contributed by atoms with Gasteiger partial charge in [-0.1, -0.05) is 49.7 Å². The van der Waals surface area contributed by atoms with Crippen molar-refractivity contribution >= 4 is 28.9 Å². The van der Waals surface area contributed by atoms with Gasteiger partial charge in [-0.25, -0.2) is 0 Å². The maximum atomic E-state index is 11.7. The molecule has 0 radical (unpaired) electrons. The van der Waals surface area contributed by atoms with Crippen LogP contribution >= 0.6 is 11.6 Å². The first-order valence-electron chi connectivity index (χ1n) is 10.2. The molecule has 31 heavy (non-hydrogen) atoms. The van der Waals surface area contributed by atoms with Crippen molar-refractivity contribution in [3.63, 3.8) is 0 Å². The van der Waals surface area contributed by atoms with Gasteiger partial charge in [-0.3, -0.25) is 9.59 Å². The molecular formula is C26H28ClNO3. The molecule has 0 aliphatic carbocycles. The molecule has 0 saturated carbocycles. The summed E-state index contributed by atoms with van der Waals surface area (Å²) in [7, 11) is 0. The molecule has 0 amide bonds. The largest absolute Gasteiger partial charge is 0.457 e. The number of ether oxygens (including phenoxy) is 1. The van der Waals surface area contributed by atoms with Crippen LogP contribution in [0.15, 0.2) is 72.8 Å². The Morgan fingerprint density at radius 2 is 1.39 bits per heavy atom. The van der Waals surface area contributed by atoms with Gasteiger partial charge in [-0.15, -0.1) is 0 Å². The zero-order valence-electron chi connectivity index (χ0n) is 18.3. The van der Waals surface area contributed by atoms with Gasteiger partial charge in [0.1, 0.15) is 11.5 Å². The highest BCUT2D eigenvalue weighted by molar-refractivity contribution is 6.30. The molecule has 5 heteroatoms.